The summed E-state index contributed by atoms with van der Waals surface area (Å²) in [5.41, 5.74) is 0.395. The lowest BCUT2D eigenvalue weighted by atomic mass is 10.1. The molecular formula is C18H20N2O4S. The smallest absolute Gasteiger partial charge is 0.248 e. The van der Waals surface area contributed by atoms with Gasteiger partial charge >= 0.3 is 0 Å². The first-order chi connectivity index (χ1) is 11.9. The number of nitrogens with zero attached hydrogens (tertiary/aromatic N) is 1. The maximum absolute atomic E-state index is 12.9. The molecule has 0 aliphatic heterocycles. The number of H-pyrrole nitrogens is 1. The highest BCUT2D eigenvalue weighted by Crippen LogP contribution is 2.22. The number of aromatic amines is 1. The fourth-order valence-electron chi connectivity index (χ4n) is 2.68. The van der Waals surface area contributed by atoms with Gasteiger partial charge in [-0.2, -0.15) is 4.31 Å². The summed E-state index contributed by atoms with van der Waals surface area (Å²) in [5.74, 6) is 0.840. The summed E-state index contributed by atoms with van der Waals surface area (Å²) >= 11 is 0. The zero-order valence-corrected chi connectivity index (χ0v) is 14.9. The monoisotopic (exact) mass is 360 g/mol. The summed E-state index contributed by atoms with van der Waals surface area (Å²) in [6.07, 6.45) is 2.94. The van der Waals surface area contributed by atoms with Gasteiger partial charge < -0.3 is 9.40 Å². The molecule has 3 aromatic rings. The van der Waals surface area contributed by atoms with E-state index < -0.39 is 10.0 Å². The Labute approximate surface area is 146 Å². The highest BCUT2D eigenvalue weighted by molar-refractivity contribution is 7.89. The number of benzene rings is 1. The van der Waals surface area contributed by atoms with Gasteiger partial charge in [0.15, 0.2) is 0 Å². The van der Waals surface area contributed by atoms with E-state index in [4.69, 9.17) is 4.42 Å². The number of aromatic nitrogens is 1. The zero-order valence-electron chi connectivity index (χ0n) is 14.1. The Hall–Kier alpha value is -2.38. The van der Waals surface area contributed by atoms with Gasteiger partial charge in [-0.3, -0.25) is 4.79 Å². The van der Waals surface area contributed by atoms with E-state index in [1.165, 1.54) is 16.4 Å². The van der Waals surface area contributed by atoms with Crippen LogP contribution in [0.2, 0.25) is 0 Å². The van der Waals surface area contributed by atoms with Crippen LogP contribution in [-0.4, -0.2) is 30.8 Å². The topological polar surface area (TPSA) is 83.4 Å². The molecule has 0 fully saturated rings. The van der Waals surface area contributed by atoms with Gasteiger partial charge in [0.05, 0.1) is 11.2 Å². The Kier molecular flexibility index (Phi) is 4.78. The van der Waals surface area contributed by atoms with Crippen LogP contribution in [-0.2, 0) is 16.4 Å². The number of fused-ring (bicyclic) bond motifs is 1. The first kappa shape index (κ1) is 17.4. The maximum Gasteiger partial charge on any atom is 0.248 e. The summed E-state index contributed by atoms with van der Waals surface area (Å²) in [7, 11) is -2.04. The fourth-order valence-corrected chi connectivity index (χ4v) is 4.11. The minimum Gasteiger partial charge on any atom is -0.469 e. The van der Waals surface area contributed by atoms with Gasteiger partial charge in [-0.1, -0.05) is 0 Å². The Balaban J connectivity index is 1.81. The largest absolute Gasteiger partial charge is 0.469 e. The summed E-state index contributed by atoms with van der Waals surface area (Å²) < 4.78 is 32.4. The maximum atomic E-state index is 12.9. The molecule has 2 aromatic heterocycles. The number of pyridine rings is 1. The first-order valence-electron chi connectivity index (χ1n) is 8.01. The van der Waals surface area contributed by atoms with Gasteiger partial charge in [0.1, 0.15) is 5.76 Å². The van der Waals surface area contributed by atoms with Crippen molar-refractivity contribution in [2.24, 2.45) is 0 Å². The van der Waals surface area contributed by atoms with Crippen LogP contribution < -0.4 is 5.56 Å². The van der Waals surface area contributed by atoms with Crippen LogP contribution in [0.1, 0.15) is 19.1 Å². The number of hydrogen-bond acceptors (Lipinski definition) is 4. The van der Waals surface area contributed by atoms with Crippen molar-refractivity contribution in [3.05, 3.63) is 64.8 Å². The molecule has 0 aliphatic carbocycles. The molecule has 0 saturated carbocycles. The molecule has 1 unspecified atom stereocenters. The van der Waals surface area contributed by atoms with E-state index in [1.54, 1.807) is 31.5 Å². The highest BCUT2D eigenvalue weighted by atomic mass is 32.2. The Morgan fingerprint density at radius 2 is 2.00 bits per heavy atom. The molecule has 3 rings (SSSR count). The highest BCUT2D eigenvalue weighted by Gasteiger charge is 2.25. The minimum absolute atomic E-state index is 0.179. The third kappa shape index (κ3) is 3.67. The summed E-state index contributed by atoms with van der Waals surface area (Å²) in [4.78, 5) is 14.2. The van der Waals surface area contributed by atoms with Crippen molar-refractivity contribution >= 4 is 20.9 Å². The van der Waals surface area contributed by atoms with Crippen molar-refractivity contribution in [1.82, 2.24) is 9.29 Å². The molecule has 1 N–H and O–H groups in total. The van der Waals surface area contributed by atoms with E-state index in [9.17, 15) is 13.2 Å². The Bertz CT molecular complexity index is 1020. The lowest BCUT2D eigenvalue weighted by molar-refractivity contribution is 0.361. The van der Waals surface area contributed by atoms with Gasteiger partial charge in [-0.25, -0.2) is 8.42 Å². The predicted octanol–water partition coefficient (Wildman–Crippen LogP) is 2.76. The van der Waals surface area contributed by atoms with E-state index >= 15 is 0 Å². The summed E-state index contributed by atoms with van der Waals surface area (Å²) in [5, 5.41) is 0.678. The van der Waals surface area contributed by atoms with Crippen LogP contribution in [0, 0.1) is 0 Å². The quantitative estimate of drug-likeness (QED) is 0.733. The van der Waals surface area contributed by atoms with E-state index in [0.717, 1.165) is 5.76 Å². The molecule has 132 valence electrons. The average molecular weight is 360 g/mol. The van der Waals surface area contributed by atoms with Crippen LogP contribution in [0.25, 0.3) is 10.9 Å². The van der Waals surface area contributed by atoms with Crippen LogP contribution in [0.15, 0.2) is 62.8 Å². The number of aryl methyl sites for hydroxylation is 1. The molecule has 0 spiro atoms. The Morgan fingerprint density at radius 3 is 2.72 bits per heavy atom. The van der Waals surface area contributed by atoms with Crippen LogP contribution >= 0.6 is 0 Å². The molecule has 1 aromatic carbocycles. The second-order valence-electron chi connectivity index (χ2n) is 6.06. The lowest BCUT2D eigenvalue weighted by Crippen LogP contribution is -2.35. The van der Waals surface area contributed by atoms with Crippen molar-refractivity contribution in [3.63, 3.8) is 0 Å². The van der Waals surface area contributed by atoms with Crippen molar-refractivity contribution in [3.8, 4) is 0 Å². The first-order valence-corrected chi connectivity index (χ1v) is 9.45. The van der Waals surface area contributed by atoms with E-state index in [0.29, 0.717) is 23.7 Å². The third-order valence-electron chi connectivity index (χ3n) is 4.38. The molecule has 1 atom stereocenters. The van der Waals surface area contributed by atoms with Gasteiger partial charge in [0, 0.05) is 31.1 Å². The van der Waals surface area contributed by atoms with Crippen molar-refractivity contribution in [2.45, 2.75) is 30.7 Å². The second-order valence-corrected chi connectivity index (χ2v) is 8.06. The molecule has 0 radical (unpaired) electrons. The SMILES string of the molecule is CC(CCc1ccco1)N(C)S(=O)(=O)c1ccc2[nH]c(=O)ccc2c1. The fraction of sp³-hybridized carbons (Fsp3) is 0.278. The molecule has 0 aliphatic rings. The third-order valence-corrected chi connectivity index (χ3v) is 6.35. The van der Waals surface area contributed by atoms with Crippen LogP contribution in [0.4, 0.5) is 0 Å². The van der Waals surface area contributed by atoms with Gasteiger partial charge in [-0.15, -0.1) is 0 Å². The lowest BCUT2D eigenvalue weighted by Gasteiger charge is -2.24. The molecule has 7 heteroatoms. The number of nitrogens with one attached hydrogen (secondary N) is 1. The van der Waals surface area contributed by atoms with E-state index in [-0.39, 0.29) is 16.5 Å². The van der Waals surface area contributed by atoms with Gasteiger partial charge in [0.2, 0.25) is 15.6 Å². The number of sulfonamides is 1. The van der Waals surface area contributed by atoms with E-state index in [1.807, 2.05) is 19.1 Å². The molecule has 0 saturated heterocycles. The second kappa shape index (κ2) is 6.85. The molecule has 0 amide bonds. The van der Waals surface area contributed by atoms with Gasteiger partial charge in [0.25, 0.3) is 0 Å². The van der Waals surface area contributed by atoms with Crippen molar-refractivity contribution in [2.75, 3.05) is 7.05 Å². The average Bonchev–Trinajstić information content (AvgIpc) is 3.11. The zero-order chi connectivity index (χ0) is 18.0. The Morgan fingerprint density at radius 1 is 1.20 bits per heavy atom. The van der Waals surface area contributed by atoms with E-state index in [2.05, 4.69) is 4.98 Å². The summed E-state index contributed by atoms with van der Waals surface area (Å²) in [6.45, 7) is 1.87. The minimum atomic E-state index is -3.62. The molecular weight excluding hydrogens is 340 g/mol. The number of hydrogen-bond donors (Lipinski definition) is 1. The predicted molar refractivity (Wildman–Crippen MR) is 96.0 cm³/mol. The van der Waals surface area contributed by atoms with Crippen molar-refractivity contribution < 1.29 is 12.8 Å². The summed E-state index contributed by atoms with van der Waals surface area (Å²) in [6, 6.07) is 11.2. The number of rotatable bonds is 6. The number of furan rings is 1. The normalized spacial score (nSPS) is 13.4. The van der Waals surface area contributed by atoms with Crippen LogP contribution in [0.5, 0.6) is 0 Å². The molecule has 6 nitrogen and oxygen atoms in total. The van der Waals surface area contributed by atoms with Crippen molar-refractivity contribution in [1.29, 1.82) is 0 Å². The van der Waals surface area contributed by atoms with Crippen LogP contribution in [0.3, 0.4) is 0 Å². The molecule has 0 bridgehead atoms. The standard InChI is InChI=1S/C18H20N2O4S/c1-13(5-7-15-4-3-11-24-15)20(2)25(22,23)16-8-9-17-14(12-16)6-10-18(21)19-17/h3-4,6,8-13H,5,7H2,1-2H3,(H,19,21). The molecule has 2 heterocycles. The molecule has 25 heavy (non-hydrogen) atoms. The van der Waals surface area contributed by atoms with Gasteiger partial charge in [-0.05, 0) is 55.1 Å².